The highest BCUT2D eigenvalue weighted by Gasteiger charge is 2.34. The Bertz CT molecular complexity index is 887. The Morgan fingerprint density at radius 3 is 2.48 bits per heavy atom. The zero-order chi connectivity index (χ0) is 16.4. The molecule has 23 heavy (non-hydrogen) atoms. The van der Waals surface area contributed by atoms with Crippen LogP contribution in [0.1, 0.15) is 0 Å². The highest BCUT2D eigenvalue weighted by molar-refractivity contribution is 7.96. The number of carbonyl (C=O) groups excluding carboxylic acids is 1. The molecule has 0 aliphatic carbocycles. The normalized spacial score (nSPS) is 17.3. The van der Waals surface area contributed by atoms with Gasteiger partial charge in [-0.2, -0.15) is 0 Å². The molecule has 1 amide bonds. The van der Waals surface area contributed by atoms with Gasteiger partial charge >= 0.3 is 0 Å². The van der Waals surface area contributed by atoms with Crippen LogP contribution in [0.2, 0.25) is 0 Å². The minimum absolute atomic E-state index is 0.0855. The molecular formula is C16H14N2O4S. The molecule has 7 heteroatoms. The zero-order valence-electron chi connectivity index (χ0n) is 12.2. The first kappa shape index (κ1) is 15.1. The van der Waals surface area contributed by atoms with Crippen LogP contribution in [-0.4, -0.2) is 21.4 Å². The van der Waals surface area contributed by atoms with E-state index >= 15 is 0 Å². The van der Waals surface area contributed by atoms with Crippen LogP contribution in [0.15, 0.2) is 64.5 Å². The van der Waals surface area contributed by atoms with E-state index in [1.54, 1.807) is 49.6 Å². The molecule has 6 nitrogen and oxygen atoms in total. The lowest BCUT2D eigenvalue weighted by Gasteiger charge is -2.19. The Labute approximate surface area is 133 Å². The molecule has 2 N–H and O–H groups in total. The number of para-hydroxylation sites is 1. The number of benzene rings is 2. The molecule has 0 fully saturated rings. The Morgan fingerprint density at radius 1 is 1.09 bits per heavy atom. The summed E-state index contributed by atoms with van der Waals surface area (Å²) in [5.74, 6) is 0.0184. The van der Waals surface area contributed by atoms with E-state index in [1.165, 1.54) is 12.3 Å². The van der Waals surface area contributed by atoms with Gasteiger partial charge < -0.3 is 15.4 Å². The summed E-state index contributed by atoms with van der Waals surface area (Å²) in [7, 11) is -2.30. The topological polar surface area (TPSA) is 84.5 Å². The molecule has 2 aromatic rings. The highest BCUT2D eigenvalue weighted by atomic mass is 32.2. The second-order valence-electron chi connectivity index (χ2n) is 4.84. The number of methoxy groups -OCH3 is 1. The monoisotopic (exact) mass is 330 g/mol. The summed E-state index contributed by atoms with van der Waals surface area (Å²) in [6.45, 7) is 0. The molecule has 0 bridgehead atoms. The molecule has 0 radical (unpaired) electrons. The number of hydrogen-bond acceptors (Lipinski definition) is 5. The van der Waals surface area contributed by atoms with Crippen LogP contribution in [0.3, 0.4) is 0 Å². The Morgan fingerprint density at radius 2 is 1.78 bits per heavy atom. The number of carbonyl (C=O) groups is 1. The van der Waals surface area contributed by atoms with E-state index < -0.39 is 15.7 Å². The summed E-state index contributed by atoms with van der Waals surface area (Å²) in [5.41, 5.74) is 0.930. The van der Waals surface area contributed by atoms with Gasteiger partial charge in [0, 0.05) is 11.9 Å². The van der Waals surface area contributed by atoms with Crippen molar-refractivity contribution in [1.29, 1.82) is 0 Å². The number of fused-ring (bicyclic) bond motifs is 1. The molecule has 3 rings (SSSR count). The van der Waals surface area contributed by atoms with Gasteiger partial charge in [0.05, 0.1) is 17.7 Å². The summed E-state index contributed by atoms with van der Waals surface area (Å²) in [6, 6.07) is 13.2. The number of ether oxygens (including phenoxy) is 1. The van der Waals surface area contributed by atoms with E-state index in [4.69, 9.17) is 4.74 Å². The van der Waals surface area contributed by atoms with Crippen molar-refractivity contribution in [1.82, 2.24) is 0 Å². The highest BCUT2D eigenvalue weighted by Crippen LogP contribution is 2.32. The van der Waals surface area contributed by atoms with Crippen LogP contribution in [0.5, 0.6) is 5.75 Å². The fourth-order valence-electron chi connectivity index (χ4n) is 2.21. The maximum Gasteiger partial charge on any atom is 0.269 e. The van der Waals surface area contributed by atoms with Gasteiger partial charge in [0.1, 0.15) is 5.75 Å². The van der Waals surface area contributed by atoms with Gasteiger partial charge in [0.25, 0.3) is 5.91 Å². The van der Waals surface area contributed by atoms with Crippen molar-refractivity contribution in [2.45, 2.75) is 4.90 Å². The third-order valence-corrected chi connectivity index (χ3v) is 5.22. The van der Waals surface area contributed by atoms with Crippen molar-refractivity contribution >= 4 is 27.1 Å². The van der Waals surface area contributed by atoms with Gasteiger partial charge in [-0.05, 0) is 36.4 Å². The summed E-state index contributed by atoms with van der Waals surface area (Å²) >= 11 is 0. The van der Waals surface area contributed by atoms with Crippen molar-refractivity contribution in [3.8, 4) is 5.75 Å². The largest absolute Gasteiger partial charge is 0.497 e. The van der Waals surface area contributed by atoms with E-state index in [0.29, 0.717) is 17.1 Å². The molecule has 1 aliphatic rings. The van der Waals surface area contributed by atoms with Crippen molar-refractivity contribution in [3.63, 3.8) is 0 Å². The van der Waals surface area contributed by atoms with E-state index in [-0.39, 0.29) is 9.80 Å². The first-order chi connectivity index (χ1) is 11.0. The lowest BCUT2D eigenvalue weighted by Crippen LogP contribution is -2.28. The molecule has 1 heterocycles. The van der Waals surface area contributed by atoms with Gasteiger partial charge in [-0.15, -0.1) is 0 Å². The number of hydrogen-bond donors (Lipinski definition) is 2. The number of sulfone groups is 1. The van der Waals surface area contributed by atoms with Crippen molar-refractivity contribution in [3.05, 3.63) is 59.6 Å². The summed E-state index contributed by atoms with van der Waals surface area (Å²) in [4.78, 5) is 11.8. The maximum absolute atomic E-state index is 12.5. The number of nitrogens with one attached hydrogen (secondary N) is 2. The van der Waals surface area contributed by atoms with Crippen LogP contribution in [-0.2, 0) is 14.6 Å². The second kappa shape index (κ2) is 5.77. The van der Waals surface area contributed by atoms with Crippen LogP contribution in [0.4, 0.5) is 11.4 Å². The van der Waals surface area contributed by atoms with Crippen LogP contribution >= 0.6 is 0 Å². The Hall–Kier alpha value is -2.80. The van der Waals surface area contributed by atoms with Crippen molar-refractivity contribution < 1.29 is 17.9 Å². The predicted molar refractivity (Wildman–Crippen MR) is 87.0 cm³/mol. The van der Waals surface area contributed by atoms with Crippen LogP contribution < -0.4 is 15.4 Å². The molecule has 118 valence electrons. The molecular weight excluding hydrogens is 316 g/mol. The molecule has 0 saturated heterocycles. The first-order valence-electron chi connectivity index (χ1n) is 6.78. The lowest BCUT2D eigenvalue weighted by molar-refractivity contribution is -0.112. The van der Waals surface area contributed by atoms with Crippen LogP contribution in [0.25, 0.3) is 0 Å². The smallest absolute Gasteiger partial charge is 0.269 e. The fourth-order valence-corrected chi connectivity index (χ4v) is 3.62. The average Bonchev–Trinajstić information content (AvgIpc) is 2.55. The van der Waals surface area contributed by atoms with Crippen molar-refractivity contribution in [2.75, 3.05) is 17.7 Å². The summed E-state index contributed by atoms with van der Waals surface area (Å²) in [6.07, 6.45) is 1.20. The number of anilines is 2. The standard InChI is InChI=1S/C16H14N2O4S/c1-22-12-8-6-11(7-9-12)17-10-15-16(19)18-13-4-2-3-5-14(13)23(15,20)21/h2-10,17H,1H3,(H,18,19). The molecule has 1 aliphatic heterocycles. The minimum atomic E-state index is -3.85. The Kier molecular flexibility index (Phi) is 3.79. The molecule has 0 unspecified atom stereocenters. The van der Waals surface area contributed by atoms with Gasteiger partial charge in [0.2, 0.25) is 9.84 Å². The molecule has 0 aromatic heterocycles. The summed E-state index contributed by atoms with van der Waals surface area (Å²) < 4.78 is 30.1. The molecule has 0 atom stereocenters. The quantitative estimate of drug-likeness (QED) is 0.844. The van der Waals surface area contributed by atoms with Gasteiger partial charge in [-0.3, -0.25) is 4.79 Å². The summed E-state index contributed by atoms with van der Waals surface area (Å²) in [5, 5.41) is 5.40. The van der Waals surface area contributed by atoms with E-state index in [2.05, 4.69) is 10.6 Å². The molecule has 2 aromatic carbocycles. The Balaban J connectivity index is 1.94. The SMILES string of the molecule is COc1ccc(NC=C2C(=O)Nc3ccccc3S2(=O)=O)cc1. The van der Waals surface area contributed by atoms with Crippen molar-refractivity contribution in [2.24, 2.45) is 0 Å². The predicted octanol–water partition coefficient (Wildman–Crippen LogP) is 2.37. The number of rotatable bonds is 3. The van der Waals surface area contributed by atoms with Gasteiger partial charge in [-0.1, -0.05) is 12.1 Å². The van der Waals surface area contributed by atoms with Crippen LogP contribution in [0, 0.1) is 0 Å². The van der Waals surface area contributed by atoms with Gasteiger partial charge in [-0.25, -0.2) is 8.42 Å². The first-order valence-corrected chi connectivity index (χ1v) is 8.27. The van der Waals surface area contributed by atoms with Gasteiger partial charge in [0.15, 0.2) is 4.91 Å². The third-order valence-electron chi connectivity index (χ3n) is 3.40. The van der Waals surface area contributed by atoms with E-state index in [0.717, 1.165) is 0 Å². The molecule has 0 saturated carbocycles. The fraction of sp³-hybridized carbons (Fsp3) is 0.0625. The number of amides is 1. The second-order valence-corrected chi connectivity index (χ2v) is 6.72. The average molecular weight is 330 g/mol. The minimum Gasteiger partial charge on any atom is -0.497 e. The van der Waals surface area contributed by atoms with E-state index in [1.807, 2.05) is 0 Å². The molecule has 0 spiro atoms. The zero-order valence-corrected chi connectivity index (χ0v) is 13.1. The third kappa shape index (κ3) is 2.78. The van der Waals surface area contributed by atoms with E-state index in [9.17, 15) is 13.2 Å². The maximum atomic E-state index is 12.5. The lowest BCUT2D eigenvalue weighted by atomic mass is 10.3.